The Morgan fingerprint density at radius 2 is 1.00 bits per heavy atom. The Morgan fingerprint density at radius 1 is 1.00 bits per heavy atom. The monoisotopic (exact) mass is 208 g/mol. The molecule has 0 saturated carbocycles. The van der Waals surface area contributed by atoms with Crippen molar-refractivity contribution in [2.24, 2.45) is 0 Å². The Labute approximate surface area is 69.1 Å². The molecule has 0 spiro atoms. The fourth-order valence-corrected chi connectivity index (χ4v) is 0. The Balaban J connectivity index is -0.00000000167. The second-order valence-corrected chi connectivity index (χ2v) is 0. The van der Waals surface area contributed by atoms with Crippen molar-refractivity contribution >= 4 is 42.2 Å². The van der Waals surface area contributed by atoms with Gasteiger partial charge in [-0.05, 0) is 0 Å². The Kier molecular flexibility index (Phi) is 241. The van der Waals surface area contributed by atoms with Gasteiger partial charge < -0.3 is 0 Å². The van der Waals surface area contributed by atoms with E-state index in [-0.39, 0.29) is 42.2 Å². The Hall–Kier alpha value is 1.80. The fourth-order valence-electron chi connectivity index (χ4n) is 0. The van der Waals surface area contributed by atoms with Crippen LogP contribution in [0.4, 0.5) is 0 Å². The van der Waals surface area contributed by atoms with Gasteiger partial charge in [-0.3, -0.25) is 0 Å². The van der Waals surface area contributed by atoms with Gasteiger partial charge in [-0.2, -0.15) is 0 Å². The first-order valence-electron chi connectivity index (χ1n) is 0.204. The van der Waals surface area contributed by atoms with E-state index in [0.717, 1.165) is 0 Å². The summed E-state index contributed by atoms with van der Waals surface area (Å²) < 4.78 is 8.34. The molecule has 0 saturated heterocycles. The van der Waals surface area contributed by atoms with Crippen molar-refractivity contribution < 1.29 is 27.5 Å². The minimum absolute atomic E-state index is 0. The molecule has 0 atom stereocenters. The normalized spacial score (nSPS) is 0.600. The van der Waals surface area contributed by atoms with Gasteiger partial charge in [-0.25, -0.2) is 0 Å². The summed E-state index contributed by atoms with van der Waals surface area (Å²) in [6, 6.07) is 0. The molecule has 0 rings (SSSR count). The van der Waals surface area contributed by atoms with Gasteiger partial charge in [-0.15, -0.1) is 24.8 Å². The van der Waals surface area contributed by atoms with Gasteiger partial charge in [0.15, 0.2) is 17.4 Å². The SMILES string of the molecule is Cl.Cl.[AlH3].[O]=[Zr]. The summed E-state index contributed by atoms with van der Waals surface area (Å²) in [5.41, 5.74) is 0. The van der Waals surface area contributed by atoms with Crippen LogP contribution in [-0.4, -0.2) is 17.4 Å². The molecule has 0 aromatic rings. The zero-order chi connectivity index (χ0) is 2.00. The van der Waals surface area contributed by atoms with E-state index in [9.17, 15) is 0 Å². The molecule has 0 amide bonds. The summed E-state index contributed by atoms with van der Waals surface area (Å²) in [6.07, 6.45) is 0. The Morgan fingerprint density at radius 3 is 1.00 bits per heavy atom. The molecule has 32 valence electrons. The second-order valence-electron chi connectivity index (χ2n) is 0. The fraction of sp³-hybridized carbons (Fsp3) is 0. The summed E-state index contributed by atoms with van der Waals surface area (Å²) in [5.74, 6) is 0. The predicted molar refractivity (Wildman–Crippen MR) is 25.1 cm³/mol. The average molecular weight is 210 g/mol. The van der Waals surface area contributed by atoms with E-state index in [1.807, 2.05) is 0 Å². The third kappa shape index (κ3) is 25.9. The summed E-state index contributed by atoms with van der Waals surface area (Å²) in [5, 5.41) is 0. The molecule has 0 fully saturated rings. The van der Waals surface area contributed by atoms with Crippen molar-refractivity contribution in [3.05, 3.63) is 0 Å². The molecule has 0 N–H and O–H groups in total. The average Bonchev–Trinajstić information content (AvgIpc) is 1.00. The molecule has 5 heavy (non-hydrogen) atoms. The topological polar surface area (TPSA) is 17.1 Å². The molecule has 0 aromatic carbocycles. The summed E-state index contributed by atoms with van der Waals surface area (Å²) in [4.78, 5) is 0. The quantitative estimate of drug-likeness (QED) is 0.494. The van der Waals surface area contributed by atoms with Gasteiger partial charge in [0, 0.05) is 0 Å². The zero-order valence-corrected chi connectivity index (χ0v) is 5.82. The van der Waals surface area contributed by atoms with Gasteiger partial charge in [0.2, 0.25) is 0 Å². The van der Waals surface area contributed by atoms with E-state index < -0.39 is 0 Å². The van der Waals surface area contributed by atoms with E-state index in [1.165, 1.54) is 0 Å². The minimum atomic E-state index is 0. The van der Waals surface area contributed by atoms with Crippen LogP contribution >= 0.6 is 24.8 Å². The van der Waals surface area contributed by atoms with Gasteiger partial charge in [0.1, 0.15) is 0 Å². The summed E-state index contributed by atoms with van der Waals surface area (Å²) in [7, 11) is 0. The molecule has 5 heteroatoms. The van der Waals surface area contributed by atoms with Crippen molar-refractivity contribution in [3.63, 3.8) is 0 Å². The molecule has 0 aliphatic heterocycles. The zero-order valence-electron chi connectivity index (χ0n) is 1.72. The van der Waals surface area contributed by atoms with Crippen LogP contribution in [0.3, 0.4) is 0 Å². The number of hydrogen-bond acceptors (Lipinski definition) is 1. The van der Waals surface area contributed by atoms with Crippen molar-refractivity contribution in [2.45, 2.75) is 0 Å². The summed E-state index contributed by atoms with van der Waals surface area (Å²) in [6.45, 7) is 0. The Bertz CT molecular complexity index is 9.61. The van der Waals surface area contributed by atoms with Gasteiger partial charge >= 0.3 is 27.5 Å². The first kappa shape index (κ1) is 29.2. The van der Waals surface area contributed by atoms with Crippen LogP contribution < -0.4 is 0 Å². The molecule has 0 radical (unpaired) electrons. The third-order valence-electron chi connectivity index (χ3n) is 0. The van der Waals surface area contributed by atoms with Crippen LogP contribution in [0.15, 0.2) is 0 Å². The van der Waals surface area contributed by atoms with Crippen LogP contribution in [-0.2, 0) is 27.5 Å². The number of rotatable bonds is 0. The molecule has 1 nitrogen and oxygen atoms in total. The molecule has 0 aliphatic rings. The molecule has 0 aliphatic carbocycles. The molecule has 0 unspecified atom stereocenters. The van der Waals surface area contributed by atoms with Gasteiger partial charge in [0.25, 0.3) is 0 Å². The van der Waals surface area contributed by atoms with Crippen molar-refractivity contribution in [1.82, 2.24) is 0 Å². The summed E-state index contributed by atoms with van der Waals surface area (Å²) >= 11 is 0.300. The van der Waals surface area contributed by atoms with Crippen molar-refractivity contribution in [2.75, 3.05) is 0 Å². The van der Waals surface area contributed by atoms with Crippen molar-refractivity contribution in [3.8, 4) is 0 Å². The van der Waals surface area contributed by atoms with E-state index in [2.05, 4.69) is 0 Å². The van der Waals surface area contributed by atoms with Crippen LogP contribution in [0.25, 0.3) is 0 Å². The van der Waals surface area contributed by atoms with Crippen LogP contribution in [0, 0.1) is 0 Å². The maximum atomic E-state index is 8.34. The van der Waals surface area contributed by atoms with Gasteiger partial charge in [-0.1, -0.05) is 0 Å². The molecule has 0 heterocycles. The van der Waals surface area contributed by atoms with Crippen LogP contribution in [0.1, 0.15) is 0 Å². The predicted octanol–water partition coefficient (Wildman–Crippen LogP) is -0.462. The van der Waals surface area contributed by atoms with E-state index in [0.29, 0.717) is 24.7 Å². The molecular formula is H5AlCl2OZr. The first-order valence-corrected chi connectivity index (χ1v) is 1.21. The molecule has 0 aromatic heterocycles. The number of halogens is 2. The molecular weight excluding hydrogens is 205 g/mol. The third-order valence-corrected chi connectivity index (χ3v) is 0. The number of hydrogen-bond donors (Lipinski definition) is 0. The van der Waals surface area contributed by atoms with Crippen LogP contribution in [0.5, 0.6) is 0 Å². The maximum absolute atomic E-state index is 8.34. The van der Waals surface area contributed by atoms with E-state index in [1.54, 1.807) is 0 Å². The molecule has 0 bridgehead atoms. The van der Waals surface area contributed by atoms with Crippen molar-refractivity contribution in [1.29, 1.82) is 0 Å². The first-order chi connectivity index (χ1) is 1.00. The standard InChI is InChI=1S/Al.2ClH.O.Zr.3H/h;2*1H;;;;;. The van der Waals surface area contributed by atoms with Gasteiger partial charge in [0.05, 0.1) is 0 Å². The van der Waals surface area contributed by atoms with E-state index >= 15 is 0 Å². The second kappa shape index (κ2) is 41.3. The van der Waals surface area contributed by atoms with Crippen LogP contribution in [0.2, 0.25) is 0 Å². The van der Waals surface area contributed by atoms with E-state index in [4.69, 9.17) is 2.81 Å².